The summed E-state index contributed by atoms with van der Waals surface area (Å²) in [4.78, 5) is 12.7. The third-order valence-corrected chi connectivity index (χ3v) is 2.92. The zero-order valence-electron chi connectivity index (χ0n) is 9.04. The first-order chi connectivity index (χ1) is 7.77. The van der Waals surface area contributed by atoms with Gasteiger partial charge in [-0.15, -0.1) is 5.10 Å². The van der Waals surface area contributed by atoms with E-state index < -0.39 is 5.97 Å². The Labute approximate surface area is 94.1 Å². The fourth-order valence-electron chi connectivity index (χ4n) is 2.21. The first kappa shape index (κ1) is 10.9. The summed E-state index contributed by atoms with van der Waals surface area (Å²) in [6.45, 7) is 0.00333. The summed E-state index contributed by atoms with van der Waals surface area (Å²) in [5.74, 6) is -0.158. The van der Waals surface area contributed by atoms with E-state index in [1.54, 1.807) is 12.3 Å². The van der Waals surface area contributed by atoms with E-state index in [1.165, 1.54) is 12.8 Å². The first-order valence-electron chi connectivity index (χ1n) is 5.53. The van der Waals surface area contributed by atoms with Gasteiger partial charge in [0.15, 0.2) is 5.82 Å². The van der Waals surface area contributed by atoms with Crippen LogP contribution in [0.5, 0.6) is 0 Å². The maximum absolute atomic E-state index is 10.8. The van der Waals surface area contributed by atoms with E-state index in [0.29, 0.717) is 11.9 Å². The van der Waals surface area contributed by atoms with Gasteiger partial charge in [-0.25, -0.2) is 0 Å². The van der Waals surface area contributed by atoms with Crippen LogP contribution in [0.2, 0.25) is 0 Å². The number of hydrogen-bond donors (Lipinski definition) is 1. The number of carboxylic acids is 1. The molecule has 86 valence electrons. The topological polar surface area (TPSA) is 66.3 Å². The van der Waals surface area contributed by atoms with Crippen molar-refractivity contribution in [2.75, 3.05) is 11.4 Å². The van der Waals surface area contributed by atoms with Crippen LogP contribution in [0.15, 0.2) is 18.3 Å². The van der Waals surface area contributed by atoms with Gasteiger partial charge in [0.1, 0.15) is 6.54 Å². The van der Waals surface area contributed by atoms with Gasteiger partial charge in [0.25, 0.3) is 0 Å². The van der Waals surface area contributed by atoms with Gasteiger partial charge in [-0.05, 0) is 25.0 Å². The first-order valence-corrected chi connectivity index (χ1v) is 5.53. The molecule has 16 heavy (non-hydrogen) atoms. The van der Waals surface area contributed by atoms with Crippen molar-refractivity contribution in [2.45, 2.75) is 31.7 Å². The van der Waals surface area contributed by atoms with Gasteiger partial charge in [0.05, 0.1) is 0 Å². The normalized spacial score (nSPS) is 16.2. The second kappa shape index (κ2) is 4.92. The van der Waals surface area contributed by atoms with E-state index in [-0.39, 0.29) is 6.54 Å². The summed E-state index contributed by atoms with van der Waals surface area (Å²) in [7, 11) is 0. The molecule has 0 saturated heterocycles. The number of aromatic nitrogens is 2. The fourth-order valence-corrected chi connectivity index (χ4v) is 2.21. The van der Waals surface area contributed by atoms with Crippen molar-refractivity contribution in [3.8, 4) is 0 Å². The summed E-state index contributed by atoms with van der Waals surface area (Å²) in [6, 6.07) is 3.90. The number of rotatable bonds is 4. The minimum absolute atomic E-state index is 0.00333. The fraction of sp³-hybridized carbons (Fsp3) is 0.545. The molecule has 0 unspecified atom stereocenters. The third-order valence-electron chi connectivity index (χ3n) is 2.92. The monoisotopic (exact) mass is 221 g/mol. The Morgan fingerprint density at radius 2 is 2.25 bits per heavy atom. The summed E-state index contributed by atoms with van der Waals surface area (Å²) in [5, 5.41) is 16.7. The summed E-state index contributed by atoms with van der Waals surface area (Å²) >= 11 is 0. The van der Waals surface area contributed by atoms with Crippen molar-refractivity contribution in [1.82, 2.24) is 10.2 Å². The minimum atomic E-state index is -0.822. The van der Waals surface area contributed by atoms with Crippen LogP contribution in [-0.4, -0.2) is 33.9 Å². The van der Waals surface area contributed by atoms with Crippen LogP contribution in [0.1, 0.15) is 25.7 Å². The second-order valence-electron chi connectivity index (χ2n) is 4.04. The molecule has 0 amide bonds. The average Bonchev–Trinajstić information content (AvgIpc) is 2.80. The van der Waals surface area contributed by atoms with Gasteiger partial charge in [-0.2, -0.15) is 5.10 Å². The van der Waals surface area contributed by atoms with Gasteiger partial charge in [-0.3, -0.25) is 4.79 Å². The van der Waals surface area contributed by atoms with E-state index >= 15 is 0 Å². The van der Waals surface area contributed by atoms with Crippen molar-refractivity contribution < 1.29 is 9.90 Å². The maximum atomic E-state index is 10.8. The highest BCUT2D eigenvalue weighted by molar-refractivity contribution is 5.73. The summed E-state index contributed by atoms with van der Waals surface area (Å²) in [5.41, 5.74) is 0. The summed E-state index contributed by atoms with van der Waals surface area (Å²) < 4.78 is 0. The van der Waals surface area contributed by atoms with Gasteiger partial charge >= 0.3 is 5.97 Å². The number of carboxylic acid groups (broad SMARTS) is 1. The lowest BCUT2D eigenvalue weighted by Gasteiger charge is -2.27. The van der Waals surface area contributed by atoms with Crippen LogP contribution in [0, 0.1) is 0 Å². The molecule has 1 N–H and O–H groups in total. The molecule has 5 nitrogen and oxygen atoms in total. The molecule has 0 aliphatic heterocycles. The molecule has 1 aliphatic rings. The molecule has 0 aromatic carbocycles. The molecule has 1 aromatic rings. The zero-order chi connectivity index (χ0) is 11.4. The van der Waals surface area contributed by atoms with Crippen molar-refractivity contribution in [3.05, 3.63) is 18.3 Å². The molecule has 1 aromatic heterocycles. The van der Waals surface area contributed by atoms with Crippen LogP contribution in [0.25, 0.3) is 0 Å². The predicted molar refractivity (Wildman–Crippen MR) is 59.3 cm³/mol. The van der Waals surface area contributed by atoms with E-state index in [1.807, 2.05) is 11.0 Å². The lowest BCUT2D eigenvalue weighted by atomic mass is 10.2. The van der Waals surface area contributed by atoms with E-state index in [9.17, 15) is 4.79 Å². The molecule has 0 spiro atoms. The Bertz CT molecular complexity index is 350. The van der Waals surface area contributed by atoms with Crippen LogP contribution >= 0.6 is 0 Å². The van der Waals surface area contributed by atoms with Crippen molar-refractivity contribution in [2.24, 2.45) is 0 Å². The largest absolute Gasteiger partial charge is 0.480 e. The highest BCUT2D eigenvalue weighted by atomic mass is 16.4. The van der Waals surface area contributed by atoms with Crippen LogP contribution < -0.4 is 4.90 Å². The average molecular weight is 221 g/mol. The molecule has 1 aliphatic carbocycles. The summed E-state index contributed by atoms with van der Waals surface area (Å²) in [6.07, 6.45) is 6.02. The Morgan fingerprint density at radius 1 is 1.50 bits per heavy atom. The SMILES string of the molecule is O=C(O)CN(c1cccnn1)C1CCCC1. The predicted octanol–water partition coefficient (Wildman–Crippen LogP) is 1.31. The Kier molecular flexibility index (Phi) is 3.34. The molecule has 0 bridgehead atoms. The molecule has 1 fully saturated rings. The molecular weight excluding hydrogens is 206 g/mol. The molecule has 0 atom stereocenters. The molecule has 5 heteroatoms. The van der Waals surface area contributed by atoms with Gasteiger partial charge in [0, 0.05) is 12.2 Å². The van der Waals surface area contributed by atoms with Gasteiger partial charge in [-0.1, -0.05) is 12.8 Å². The smallest absolute Gasteiger partial charge is 0.323 e. The van der Waals surface area contributed by atoms with E-state index in [2.05, 4.69) is 10.2 Å². The van der Waals surface area contributed by atoms with Crippen LogP contribution in [0.3, 0.4) is 0 Å². The Hall–Kier alpha value is -1.65. The van der Waals surface area contributed by atoms with Crippen molar-refractivity contribution in [1.29, 1.82) is 0 Å². The van der Waals surface area contributed by atoms with E-state index in [4.69, 9.17) is 5.11 Å². The molecule has 0 radical (unpaired) electrons. The number of hydrogen-bond acceptors (Lipinski definition) is 4. The molecule has 2 rings (SSSR count). The van der Waals surface area contributed by atoms with Crippen molar-refractivity contribution >= 4 is 11.8 Å². The quantitative estimate of drug-likeness (QED) is 0.830. The third kappa shape index (κ3) is 2.48. The Morgan fingerprint density at radius 3 is 2.81 bits per heavy atom. The maximum Gasteiger partial charge on any atom is 0.323 e. The number of aliphatic carboxylic acids is 1. The highest BCUT2D eigenvalue weighted by Gasteiger charge is 2.25. The second-order valence-corrected chi connectivity index (χ2v) is 4.04. The minimum Gasteiger partial charge on any atom is -0.480 e. The molecular formula is C11H15N3O2. The van der Waals surface area contributed by atoms with Gasteiger partial charge in [0.2, 0.25) is 0 Å². The van der Waals surface area contributed by atoms with Crippen LogP contribution in [-0.2, 0) is 4.79 Å². The Balaban J connectivity index is 2.16. The van der Waals surface area contributed by atoms with E-state index in [0.717, 1.165) is 12.8 Å². The van der Waals surface area contributed by atoms with Crippen LogP contribution in [0.4, 0.5) is 5.82 Å². The number of nitrogens with zero attached hydrogens (tertiary/aromatic N) is 3. The number of carbonyl (C=O) groups is 1. The number of anilines is 1. The van der Waals surface area contributed by atoms with Gasteiger partial charge < -0.3 is 10.0 Å². The lowest BCUT2D eigenvalue weighted by molar-refractivity contribution is -0.135. The standard InChI is InChI=1S/C11H15N3O2/c15-11(16)8-14(9-4-1-2-5-9)10-6-3-7-12-13-10/h3,6-7,9H,1-2,4-5,8H2,(H,15,16). The molecule has 1 saturated carbocycles. The zero-order valence-corrected chi connectivity index (χ0v) is 9.04. The lowest BCUT2D eigenvalue weighted by Crippen LogP contribution is -2.38. The molecule has 1 heterocycles. The van der Waals surface area contributed by atoms with Crippen molar-refractivity contribution in [3.63, 3.8) is 0 Å². The highest BCUT2D eigenvalue weighted by Crippen LogP contribution is 2.26.